The summed E-state index contributed by atoms with van der Waals surface area (Å²) in [4.78, 5) is 10.3. The fraction of sp³-hybridized carbons (Fsp3) is 0.875. The van der Waals surface area contributed by atoms with E-state index in [0.29, 0.717) is 12.8 Å². The first-order chi connectivity index (χ1) is 4.64. The smallest absolute Gasteiger partial charge is 0.123 e. The van der Waals surface area contributed by atoms with Gasteiger partial charge in [-0.2, -0.15) is 0 Å². The van der Waals surface area contributed by atoms with E-state index in [4.69, 9.17) is 0 Å². The summed E-state index contributed by atoms with van der Waals surface area (Å²) in [5.41, 5.74) is -1.08. The van der Waals surface area contributed by atoms with Crippen LogP contribution in [0.5, 0.6) is 0 Å². The van der Waals surface area contributed by atoms with Crippen LogP contribution >= 0.6 is 0 Å². The van der Waals surface area contributed by atoms with Gasteiger partial charge in [0, 0.05) is 5.92 Å². The fourth-order valence-corrected chi connectivity index (χ4v) is 1.60. The van der Waals surface area contributed by atoms with Gasteiger partial charge >= 0.3 is 0 Å². The molecule has 1 aliphatic rings. The molecule has 1 rings (SSSR count). The Hall–Kier alpha value is -0.400. The average Bonchev–Trinajstić information content (AvgIpc) is 1.86. The molecule has 0 spiro atoms. The highest BCUT2D eigenvalue weighted by molar-refractivity contribution is 5.53. The Kier molecular flexibility index (Phi) is 2.07. The van der Waals surface area contributed by atoms with Gasteiger partial charge in [-0.3, -0.25) is 0 Å². The predicted octanol–water partition coefficient (Wildman–Crippen LogP) is 2.10. The molecule has 0 radical (unpaired) electrons. The summed E-state index contributed by atoms with van der Waals surface area (Å²) in [5.74, 6) is -0.0243. The Bertz CT molecular complexity index is 131. The van der Waals surface area contributed by atoms with Crippen LogP contribution in [0.4, 0.5) is 4.39 Å². The van der Waals surface area contributed by atoms with E-state index in [-0.39, 0.29) is 5.92 Å². The van der Waals surface area contributed by atoms with Gasteiger partial charge in [-0.1, -0.05) is 0 Å². The highest BCUT2D eigenvalue weighted by atomic mass is 19.1. The van der Waals surface area contributed by atoms with Crippen molar-refractivity contribution in [1.82, 2.24) is 0 Å². The van der Waals surface area contributed by atoms with Crippen LogP contribution in [0.2, 0.25) is 0 Å². The topological polar surface area (TPSA) is 17.1 Å². The maximum atomic E-state index is 13.1. The fourth-order valence-electron chi connectivity index (χ4n) is 1.60. The van der Waals surface area contributed by atoms with Gasteiger partial charge in [-0.05, 0) is 32.6 Å². The van der Waals surface area contributed by atoms with Gasteiger partial charge in [-0.25, -0.2) is 4.39 Å². The largest absolute Gasteiger partial charge is 0.303 e. The first kappa shape index (κ1) is 7.70. The second-order valence-corrected chi connectivity index (χ2v) is 3.41. The summed E-state index contributed by atoms with van der Waals surface area (Å²) in [6, 6.07) is 0. The lowest BCUT2D eigenvalue weighted by Gasteiger charge is -2.28. The molecule has 0 aromatic heterocycles. The van der Waals surface area contributed by atoms with Crippen molar-refractivity contribution in [2.75, 3.05) is 0 Å². The van der Waals surface area contributed by atoms with E-state index in [2.05, 4.69) is 0 Å². The van der Waals surface area contributed by atoms with E-state index in [1.54, 1.807) is 6.92 Å². The Balaban J connectivity index is 2.47. The molecule has 0 heterocycles. The lowest BCUT2D eigenvalue weighted by atomic mass is 9.81. The summed E-state index contributed by atoms with van der Waals surface area (Å²) in [6.45, 7) is 1.59. The highest BCUT2D eigenvalue weighted by Crippen LogP contribution is 2.33. The van der Waals surface area contributed by atoms with Crippen molar-refractivity contribution < 1.29 is 9.18 Å². The number of hydrogen-bond acceptors (Lipinski definition) is 1. The molecule has 1 nitrogen and oxygen atoms in total. The third-order valence-electron chi connectivity index (χ3n) is 2.15. The van der Waals surface area contributed by atoms with Gasteiger partial charge in [-0.15, -0.1) is 0 Å². The summed E-state index contributed by atoms with van der Waals surface area (Å²) >= 11 is 0. The van der Waals surface area contributed by atoms with Crippen molar-refractivity contribution in [3.05, 3.63) is 0 Å². The molecular formula is C8H13FO. The molecule has 1 fully saturated rings. The zero-order valence-corrected chi connectivity index (χ0v) is 6.27. The quantitative estimate of drug-likeness (QED) is 0.515. The van der Waals surface area contributed by atoms with E-state index in [1.807, 2.05) is 0 Å². The Morgan fingerprint density at radius 3 is 2.80 bits per heavy atom. The molecule has 0 aromatic rings. The first-order valence-corrected chi connectivity index (χ1v) is 3.78. The molecule has 0 bridgehead atoms. The van der Waals surface area contributed by atoms with Crippen LogP contribution < -0.4 is 0 Å². The van der Waals surface area contributed by atoms with Crippen LogP contribution in [0.15, 0.2) is 0 Å². The summed E-state index contributed by atoms with van der Waals surface area (Å²) in [6.07, 6.45) is 3.67. The predicted molar refractivity (Wildman–Crippen MR) is 37.5 cm³/mol. The van der Waals surface area contributed by atoms with Gasteiger partial charge < -0.3 is 4.79 Å². The molecule has 2 unspecified atom stereocenters. The van der Waals surface area contributed by atoms with Gasteiger partial charge in [0.15, 0.2) is 0 Å². The van der Waals surface area contributed by atoms with Crippen LogP contribution in [0, 0.1) is 5.92 Å². The standard InChI is InChI=1S/C8H13FO/c1-8(9)4-2-3-7(5-8)6-10/h6-7H,2-5H2,1H3. The van der Waals surface area contributed by atoms with Crippen LogP contribution in [0.25, 0.3) is 0 Å². The number of aldehydes is 1. The van der Waals surface area contributed by atoms with Gasteiger partial charge in [0.1, 0.15) is 12.0 Å². The van der Waals surface area contributed by atoms with E-state index in [0.717, 1.165) is 19.1 Å². The number of halogens is 1. The molecular weight excluding hydrogens is 131 g/mol. The third kappa shape index (κ3) is 1.79. The third-order valence-corrected chi connectivity index (χ3v) is 2.15. The van der Waals surface area contributed by atoms with E-state index >= 15 is 0 Å². The average molecular weight is 144 g/mol. The van der Waals surface area contributed by atoms with E-state index in [1.165, 1.54) is 0 Å². The van der Waals surface area contributed by atoms with Crippen molar-refractivity contribution in [3.63, 3.8) is 0 Å². The molecule has 0 amide bonds. The van der Waals surface area contributed by atoms with Crippen LogP contribution in [0.3, 0.4) is 0 Å². The van der Waals surface area contributed by atoms with E-state index in [9.17, 15) is 9.18 Å². The number of carbonyl (C=O) groups is 1. The zero-order chi connectivity index (χ0) is 7.61. The SMILES string of the molecule is CC1(F)CCCC(C=O)C1. The second kappa shape index (κ2) is 2.69. The number of carbonyl (C=O) groups excluding carboxylic acids is 1. The minimum atomic E-state index is -1.08. The molecule has 58 valence electrons. The molecule has 2 heteroatoms. The number of rotatable bonds is 1. The molecule has 1 aliphatic carbocycles. The first-order valence-electron chi connectivity index (χ1n) is 3.78. The minimum absolute atomic E-state index is 0.0243. The monoisotopic (exact) mass is 144 g/mol. The highest BCUT2D eigenvalue weighted by Gasteiger charge is 2.31. The summed E-state index contributed by atoms with van der Waals surface area (Å²) in [5, 5.41) is 0. The second-order valence-electron chi connectivity index (χ2n) is 3.41. The van der Waals surface area contributed by atoms with E-state index < -0.39 is 5.67 Å². The summed E-state index contributed by atoms with van der Waals surface area (Å²) in [7, 11) is 0. The van der Waals surface area contributed by atoms with Crippen molar-refractivity contribution >= 4 is 6.29 Å². The Labute approximate surface area is 60.6 Å². The minimum Gasteiger partial charge on any atom is -0.303 e. The summed E-state index contributed by atoms with van der Waals surface area (Å²) < 4.78 is 13.1. The molecule has 1 saturated carbocycles. The number of alkyl halides is 1. The van der Waals surface area contributed by atoms with Crippen molar-refractivity contribution in [3.8, 4) is 0 Å². The van der Waals surface area contributed by atoms with Gasteiger partial charge in [0.25, 0.3) is 0 Å². The zero-order valence-electron chi connectivity index (χ0n) is 6.27. The molecule has 0 N–H and O–H groups in total. The molecule has 2 atom stereocenters. The molecule has 0 aromatic carbocycles. The normalized spacial score (nSPS) is 41.2. The number of hydrogen-bond donors (Lipinski definition) is 0. The Morgan fingerprint density at radius 2 is 2.40 bits per heavy atom. The van der Waals surface area contributed by atoms with Crippen LogP contribution in [0.1, 0.15) is 32.6 Å². The van der Waals surface area contributed by atoms with Crippen LogP contribution in [-0.2, 0) is 4.79 Å². The molecule has 0 saturated heterocycles. The van der Waals surface area contributed by atoms with Crippen molar-refractivity contribution in [2.24, 2.45) is 5.92 Å². The van der Waals surface area contributed by atoms with Crippen LogP contribution in [-0.4, -0.2) is 12.0 Å². The molecule has 0 aliphatic heterocycles. The van der Waals surface area contributed by atoms with Crippen molar-refractivity contribution in [1.29, 1.82) is 0 Å². The van der Waals surface area contributed by atoms with Gasteiger partial charge in [0.2, 0.25) is 0 Å². The maximum absolute atomic E-state index is 13.1. The molecule has 10 heavy (non-hydrogen) atoms. The Morgan fingerprint density at radius 1 is 1.70 bits per heavy atom. The van der Waals surface area contributed by atoms with Gasteiger partial charge in [0.05, 0.1) is 0 Å². The van der Waals surface area contributed by atoms with Crippen molar-refractivity contribution in [2.45, 2.75) is 38.3 Å². The lowest BCUT2D eigenvalue weighted by molar-refractivity contribution is -0.113. The maximum Gasteiger partial charge on any atom is 0.123 e. The lowest BCUT2D eigenvalue weighted by Crippen LogP contribution is -2.27.